The lowest BCUT2D eigenvalue weighted by atomic mass is 9.75. The molecule has 10 heteroatoms. The van der Waals surface area contributed by atoms with Crippen LogP contribution in [0, 0.1) is 34.4 Å². The van der Waals surface area contributed by atoms with Gasteiger partial charge < -0.3 is 4.74 Å². The van der Waals surface area contributed by atoms with Crippen LogP contribution in [-0.4, -0.2) is 31.6 Å². The molecule has 166 valence electrons. The molecule has 1 N–H and O–H groups in total. The van der Waals surface area contributed by atoms with Crippen molar-refractivity contribution in [1.82, 2.24) is 14.6 Å². The number of hydrogen-bond donors (Lipinski definition) is 1. The molecule has 0 saturated heterocycles. The summed E-state index contributed by atoms with van der Waals surface area (Å²) in [6, 6.07) is 4.31. The summed E-state index contributed by atoms with van der Waals surface area (Å²) in [6.07, 6.45) is 3.19. The van der Waals surface area contributed by atoms with Crippen LogP contribution in [0.25, 0.3) is 21.9 Å². The zero-order valence-electron chi connectivity index (χ0n) is 17.8. The van der Waals surface area contributed by atoms with E-state index >= 15 is 0 Å². The van der Waals surface area contributed by atoms with Gasteiger partial charge in [-0.15, -0.1) is 0 Å². The third-order valence-electron chi connectivity index (χ3n) is 6.06. The van der Waals surface area contributed by atoms with Crippen LogP contribution >= 0.6 is 11.6 Å². The van der Waals surface area contributed by atoms with E-state index in [-0.39, 0.29) is 45.5 Å². The number of esters is 1. The van der Waals surface area contributed by atoms with Gasteiger partial charge in [-0.25, -0.2) is 14.6 Å². The number of benzene rings is 1. The molecular formula is C22H22ClN5O4. The number of carbonyl (C=O) groups excluding carboxylic acids is 1. The second kappa shape index (κ2) is 8.28. The van der Waals surface area contributed by atoms with E-state index in [0.717, 1.165) is 12.8 Å². The molecule has 1 saturated carbocycles. The summed E-state index contributed by atoms with van der Waals surface area (Å²) in [7, 11) is 0. The van der Waals surface area contributed by atoms with E-state index in [1.54, 1.807) is 6.07 Å². The topological polar surface area (TPSA) is 107 Å². The fourth-order valence-electron chi connectivity index (χ4n) is 4.74. The van der Waals surface area contributed by atoms with E-state index in [4.69, 9.17) is 22.9 Å². The van der Waals surface area contributed by atoms with Gasteiger partial charge in [-0.05, 0) is 42.7 Å². The molecule has 1 aliphatic rings. The number of H-pyrrole nitrogens is 1. The zero-order valence-corrected chi connectivity index (χ0v) is 18.6. The Morgan fingerprint density at radius 3 is 2.66 bits per heavy atom. The summed E-state index contributed by atoms with van der Waals surface area (Å²) < 4.78 is 7.34. The van der Waals surface area contributed by atoms with Crippen LogP contribution < -0.4 is 0 Å². The minimum atomic E-state index is -0.586. The molecule has 2 atom stereocenters. The minimum Gasteiger partial charge on any atom is -0.459 e. The van der Waals surface area contributed by atoms with Gasteiger partial charge in [0, 0.05) is 17.8 Å². The Morgan fingerprint density at radius 2 is 2.03 bits per heavy atom. The Kier molecular flexibility index (Phi) is 5.65. The molecular weight excluding hydrogens is 434 g/mol. The highest BCUT2D eigenvalue weighted by molar-refractivity contribution is 6.32. The van der Waals surface area contributed by atoms with Crippen molar-refractivity contribution in [2.45, 2.75) is 39.7 Å². The largest absolute Gasteiger partial charge is 0.459 e. The van der Waals surface area contributed by atoms with Crippen molar-refractivity contribution in [2.24, 2.45) is 17.8 Å². The van der Waals surface area contributed by atoms with E-state index in [1.807, 2.05) is 0 Å². The summed E-state index contributed by atoms with van der Waals surface area (Å²) in [6.45, 7) is 13.8. The van der Waals surface area contributed by atoms with Crippen molar-refractivity contribution in [3.05, 3.63) is 56.5 Å². The minimum absolute atomic E-state index is 0.0153. The maximum atomic E-state index is 13.1. The molecule has 1 aliphatic carbocycles. The van der Waals surface area contributed by atoms with E-state index in [2.05, 4.69) is 35.7 Å². The third kappa shape index (κ3) is 3.82. The number of carbonyl (C=O) groups is 1. The zero-order chi connectivity index (χ0) is 23.2. The van der Waals surface area contributed by atoms with Crippen LogP contribution in [0.1, 0.15) is 44.0 Å². The van der Waals surface area contributed by atoms with Crippen LogP contribution in [0.5, 0.6) is 0 Å². The van der Waals surface area contributed by atoms with Crippen LogP contribution in [0.2, 0.25) is 5.02 Å². The summed E-state index contributed by atoms with van der Waals surface area (Å²) in [5.74, 6) is 0.732. The molecule has 2 unspecified atom stereocenters. The number of aromatic nitrogens is 3. The fourth-order valence-corrected chi connectivity index (χ4v) is 4.93. The fraction of sp³-hybridized carbons (Fsp3) is 0.409. The summed E-state index contributed by atoms with van der Waals surface area (Å²) in [5.41, 5.74) is 0.632. The Labute approximate surface area is 189 Å². The lowest BCUT2D eigenvalue weighted by Crippen LogP contribution is -2.37. The highest BCUT2D eigenvalue weighted by atomic mass is 35.5. The van der Waals surface area contributed by atoms with Crippen molar-refractivity contribution in [3.8, 4) is 11.4 Å². The number of hydrogen-bond acceptors (Lipinski definition) is 5. The average molecular weight is 456 g/mol. The second-order valence-electron chi connectivity index (χ2n) is 8.59. The van der Waals surface area contributed by atoms with Gasteiger partial charge in [-0.2, -0.15) is 0 Å². The summed E-state index contributed by atoms with van der Waals surface area (Å²) in [4.78, 5) is 31.7. The molecule has 1 fully saturated rings. The molecule has 2 aromatic heterocycles. The smallest absolute Gasteiger partial charge is 0.331 e. The van der Waals surface area contributed by atoms with Gasteiger partial charge in [0.2, 0.25) is 5.69 Å². The molecule has 0 amide bonds. The van der Waals surface area contributed by atoms with Crippen molar-refractivity contribution in [2.75, 3.05) is 0 Å². The van der Waals surface area contributed by atoms with E-state index in [0.29, 0.717) is 17.3 Å². The van der Waals surface area contributed by atoms with Crippen molar-refractivity contribution in [3.63, 3.8) is 0 Å². The number of aromatic amines is 1. The highest BCUT2D eigenvalue weighted by Gasteiger charge is 2.35. The van der Waals surface area contributed by atoms with Crippen molar-refractivity contribution >= 4 is 34.6 Å². The van der Waals surface area contributed by atoms with Crippen molar-refractivity contribution < 1.29 is 14.5 Å². The monoisotopic (exact) mass is 455 g/mol. The molecule has 0 radical (unpaired) electrons. The molecule has 0 aliphatic heterocycles. The van der Waals surface area contributed by atoms with E-state index < -0.39 is 10.9 Å². The van der Waals surface area contributed by atoms with Crippen LogP contribution in [0.4, 0.5) is 11.4 Å². The van der Waals surface area contributed by atoms with Gasteiger partial charge in [-0.1, -0.05) is 32.4 Å². The van der Waals surface area contributed by atoms with Gasteiger partial charge in [0.05, 0.1) is 11.5 Å². The predicted molar refractivity (Wildman–Crippen MR) is 119 cm³/mol. The first-order chi connectivity index (χ1) is 15.2. The predicted octanol–water partition coefficient (Wildman–Crippen LogP) is 5.67. The summed E-state index contributed by atoms with van der Waals surface area (Å²) >= 11 is 5.90. The first kappa shape index (κ1) is 21.8. The number of nitro benzene ring substituents is 1. The maximum Gasteiger partial charge on any atom is 0.331 e. The Morgan fingerprint density at radius 1 is 1.34 bits per heavy atom. The highest BCUT2D eigenvalue weighted by Crippen LogP contribution is 2.37. The second-order valence-corrected chi connectivity index (χ2v) is 9.00. The lowest BCUT2D eigenvalue weighted by Gasteiger charge is -2.37. The molecule has 9 nitrogen and oxygen atoms in total. The molecule has 32 heavy (non-hydrogen) atoms. The number of rotatable bonds is 4. The number of nitrogens with one attached hydrogen (secondary N) is 1. The lowest BCUT2D eigenvalue weighted by molar-refractivity contribution is -0.384. The number of ether oxygens (including phenoxy) is 1. The van der Waals surface area contributed by atoms with Gasteiger partial charge in [0.25, 0.3) is 5.69 Å². The van der Waals surface area contributed by atoms with Crippen LogP contribution in [-0.2, 0) is 4.74 Å². The molecule has 4 rings (SSSR count). The maximum absolute atomic E-state index is 13.1. The Bertz CT molecular complexity index is 1250. The normalized spacial score (nSPS) is 23.1. The first-order valence-corrected chi connectivity index (χ1v) is 10.7. The average Bonchev–Trinajstić information content (AvgIpc) is 3.28. The molecule has 1 aromatic carbocycles. The number of nitro groups is 1. The standard InChI is InChI=1S/C22H22ClN5O4/c1-11-7-12(2)19(13(3)8-11)32-22(29)18-16(24-4)10-27-21(18)25-20(26-27)14-5-6-15(23)17(9-14)28(30)31/h5-6,9-13,19H,7-8H2,1-3H3,(H,25,26). The van der Waals surface area contributed by atoms with E-state index in [9.17, 15) is 14.9 Å². The quantitative estimate of drug-likeness (QED) is 0.236. The van der Waals surface area contributed by atoms with Crippen LogP contribution in [0.3, 0.4) is 0 Å². The summed E-state index contributed by atoms with van der Waals surface area (Å²) in [5, 5.41) is 14.2. The molecule has 0 spiro atoms. The molecule has 0 bridgehead atoms. The van der Waals surface area contributed by atoms with Gasteiger partial charge >= 0.3 is 5.97 Å². The van der Waals surface area contributed by atoms with E-state index in [1.165, 1.54) is 22.8 Å². The Balaban J connectivity index is 1.70. The SMILES string of the molecule is [C-]#[N+]c1cn2[nH]c(-c3ccc(Cl)c([N+](=O)[O-])c3)nc2c1C(=O)OC1C(C)CC(C)CC1C. The first-order valence-electron chi connectivity index (χ1n) is 10.3. The third-order valence-corrected chi connectivity index (χ3v) is 6.38. The van der Waals surface area contributed by atoms with Crippen molar-refractivity contribution in [1.29, 1.82) is 0 Å². The number of halogens is 1. The Hall–Kier alpha value is -3.38. The van der Waals surface area contributed by atoms with Gasteiger partial charge in [-0.3, -0.25) is 19.7 Å². The van der Waals surface area contributed by atoms with Gasteiger partial charge in [0.15, 0.2) is 11.5 Å². The number of fused-ring (bicyclic) bond motifs is 1. The molecule has 2 heterocycles. The van der Waals surface area contributed by atoms with Gasteiger partial charge in [0.1, 0.15) is 16.7 Å². The number of nitrogens with zero attached hydrogens (tertiary/aromatic N) is 4. The molecule has 3 aromatic rings. The van der Waals surface area contributed by atoms with Crippen LogP contribution in [0.15, 0.2) is 24.4 Å².